The van der Waals surface area contributed by atoms with E-state index in [2.05, 4.69) is 17.6 Å². The lowest BCUT2D eigenvalue weighted by molar-refractivity contribution is 0.102. The largest absolute Gasteiger partial charge is 0.494 e. The quantitative estimate of drug-likeness (QED) is 0.495. The summed E-state index contributed by atoms with van der Waals surface area (Å²) in [5.74, 6) is 0.568. The Bertz CT molecular complexity index is 861. The zero-order valence-corrected chi connectivity index (χ0v) is 15.4. The second kappa shape index (κ2) is 9.43. The molecule has 0 bridgehead atoms. The standard InChI is InChI=1S/C23H24N2O2/c1-2-3-16-27-22-11-7-8-18(17-22)23(26)25-21-14-12-20(13-15-21)24-19-9-5-4-6-10-19/h4-15,17,24H,2-3,16H2,1H3,(H,25,26). The Hall–Kier alpha value is -3.27. The van der Waals surface area contributed by atoms with Crippen molar-refractivity contribution in [3.8, 4) is 5.75 Å². The molecule has 27 heavy (non-hydrogen) atoms. The Labute approximate surface area is 160 Å². The van der Waals surface area contributed by atoms with Crippen molar-refractivity contribution in [2.45, 2.75) is 19.8 Å². The second-order valence-electron chi connectivity index (χ2n) is 6.25. The van der Waals surface area contributed by atoms with E-state index in [0.29, 0.717) is 12.2 Å². The Balaban J connectivity index is 1.60. The average Bonchev–Trinajstić information content (AvgIpc) is 2.71. The van der Waals surface area contributed by atoms with Gasteiger partial charge in [0.25, 0.3) is 5.91 Å². The van der Waals surface area contributed by atoms with Gasteiger partial charge in [0.2, 0.25) is 0 Å². The number of benzene rings is 3. The number of hydrogen-bond acceptors (Lipinski definition) is 3. The summed E-state index contributed by atoms with van der Waals surface area (Å²) >= 11 is 0. The van der Waals surface area contributed by atoms with Crippen molar-refractivity contribution in [1.82, 2.24) is 0 Å². The fourth-order valence-corrected chi connectivity index (χ4v) is 2.59. The molecule has 0 saturated heterocycles. The molecule has 2 N–H and O–H groups in total. The van der Waals surface area contributed by atoms with Crippen LogP contribution in [-0.4, -0.2) is 12.5 Å². The molecule has 3 rings (SSSR count). The minimum Gasteiger partial charge on any atom is -0.494 e. The molecule has 0 aliphatic heterocycles. The molecule has 4 heteroatoms. The molecule has 138 valence electrons. The van der Waals surface area contributed by atoms with Crippen LogP contribution in [0.3, 0.4) is 0 Å². The fourth-order valence-electron chi connectivity index (χ4n) is 2.59. The van der Waals surface area contributed by atoms with Gasteiger partial charge in [-0.05, 0) is 61.0 Å². The van der Waals surface area contributed by atoms with Gasteiger partial charge in [0.15, 0.2) is 0 Å². The SMILES string of the molecule is CCCCOc1cccc(C(=O)Nc2ccc(Nc3ccccc3)cc2)c1. The zero-order valence-electron chi connectivity index (χ0n) is 15.4. The smallest absolute Gasteiger partial charge is 0.255 e. The number of unbranched alkanes of at least 4 members (excludes halogenated alkanes) is 1. The minimum absolute atomic E-state index is 0.153. The van der Waals surface area contributed by atoms with Crippen LogP contribution in [-0.2, 0) is 0 Å². The molecule has 0 aliphatic rings. The predicted octanol–water partition coefficient (Wildman–Crippen LogP) is 5.86. The van der Waals surface area contributed by atoms with E-state index in [9.17, 15) is 4.79 Å². The summed E-state index contributed by atoms with van der Waals surface area (Å²) in [5.41, 5.74) is 3.31. The third-order valence-electron chi connectivity index (χ3n) is 4.07. The van der Waals surface area contributed by atoms with E-state index in [4.69, 9.17) is 4.74 Å². The van der Waals surface area contributed by atoms with E-state index in [0.717, 1.165) is 35.7 Å². The maximum atomic E-state index is 12.5. The lowest BCUT2D eigenvalue weighted by atomic mass is 10.2. The molecule has 0 aliphatic carbocycles. The van der Waals surface area contributed by atoms with Gasteiger partial charge in [-0.1, -0.05) is 37.6 Å². The van der Waals surface area contributed by atoms with Crippen LogP contribution in [0.15, 0.2) is 78.9 Å². The molecule has 1 amide bonds. The molecular weight excluding hydrogens is 336 g/mol. The van der Waals surface area contributed by atoms with Crippen LogP contribution in [0.2, 0.25) is 0 Å². The van der Waals surface area contributed by atoms with Crippen LogP contribution in [0, 0.1) is 0 Å². The van der Waals surface area contributed by atoms with Crippen LogP contribution >= 0.6 is 0 Å². The summed E-state index contributed by atoms with van der Waals surface area (Å²) in [7, 11) is 0. The van der Waals surface area contributed by atoms with Crippen LogP contribution < -0.4 is 15.4 Å². The number of amides is 1. The van der Waals surface area contributed by atoms with Gasteiger partial charge in [0.05, 0.1) is 6.61 Å². The van der Waals surface area contributed by atoms with E-state index in [1.54, 1.807) is 12.1 Å². The normalized spacial score (nSPS) is 10.3. The van der Waals surface area contributed by atoms with Gasteiger partial charge in [-0.25, -0.2) is 0 Å². The highest BCUT2D eigenvalue weighted by Crippen LogP contribution is 2.20. The number of hydrogen-bond donors (Lipinski definition) is 2. The molecule has 0 fully saturated rings. The summed E-state index contributed by atoms with van der Waals surface area (Å²) in [6, 6.07) is 24.9. The molecule has 3 aromatic rings. The molecule has 0 saturated carbocycles. The Kier molecular flexibility index (Phi) is 6.47. The highest BCUT2D eigenvalue weighted by molar-refractivity contribution is 6.04. The second-order valence-corrected chi connectivity index (χ2v) is 6.25. The van der Waals surface area contributed by atoms with Gasteiger partial charge >= 0.3 is 0 Å². The number of rotatable bonds is 8. The Morgan fingerprint density at radius 3 is 2.30 bits per heavy atom. The van der Waals surface area contributed by atoms with Gasteiger partial charge in [0.1, 0.15) is 5.75 Å². The number of carbonyl (C=O) groups is 1. The van der Waals surface area contributed by atoms with E-state index < -0.39 is 0 Å². The number of para-hydroxylation sites is 1. The van der Waals surface area contributed by atoms with Crippen LogP contribution in [0.25, 0.3) is 0 Å². The van der Waals surface area contributed by atoms with Crippen LogP contribution in [0.4, 0.5) is 17.1 Å². The van der Waals surface area contributed by atoms with Crippen molar-refractivity contribution >= 4 is 23.0 Å². The number of carbonyl (C=O) groups excluding carboxylic acids is 1. The summed E-state index contributed by atoms with van der Waals surface area (Å²) in [5, 5.41) is 6.24. The average molecular weight is 360 g/mol. The van der Waals surface area contributed by atoms with Crippen molar-refractivity contribution in [1.29, 1.82) is 0 Å². The van der Waals surface area contributed by atoms with E-state index in [1.807, 2.05) is 66.7 Å². The molecular formula is C23H24N2O2. The third kappa shape index (κ3) is 5.61. The topological polar surface area (TPSA) is 50.4 Å². The zero-order chi connectivity index (χ0) is 18.9. The Morgan fingerprint density at radius 2 is 1.56 bits per heavy atom. The third-order valence-corrected chi connectivity index (χ3v) is 4.07. The number of ether oxygens (including phenoxy) is 1. The number of nitrogens with one attached hydrogen (secondary N) is 2. The molecule has 0 spiro atoms. The molecule has 4 nitrogen and oxygen atoms in total. The highest BCUT2D eigenvalue weighted by atomic mass is 16.5. The summed E-state index contributed by atoms with van der Waals surface area (Å²) in [6.07, 6.45) is 2.08. The summed E-state index contributed by atoms with van der Waals surface area (Å²) < 4.78 is 5.67. The van der Waals surface area contributed by atoms with Crippen LogP contribution in [0.1, 0.15) is 30.1 Å². The Morgan fingerprint density at radius 1 is 0.852 bits per heavy atom. The predicted molar refractivity (Wildman–Crippen MR) is 111 cm³/mol. The van der Waals surface area contributed by atoms with E-state index >= 15 is 0 Å². The van der Waals surface area contributed by atoms with E-state index in [1.165, 1.54) is 0 Å². The number of anilines is 3. The maximum absolute atomic E-state index is 12.5. The van der Waals surface area contributed by atoms with Crippen molar-refractivity contribution in [2.75, 3.05) is 17.2 Å². The van der Waals surface area contributed by atoms with Crippen molar-refractivity contribution < 1.29 is 9.53 Å². The monoisotopic (exact) mass is 360 g/mol. The van der Waals surface area contributed by atoms with Gasteiger partial charge in [-0.3, -0.25) is 4.79 Å². The molecule has 0 heterocycles. The summed E-state index contributed by atoms with van der Waals surface area (Å²) in [4.78, 5) is 12.5. The van der Waals surface area contributed by atoms with Crippen molar-refractivity contribution in [3.05, 3.63) is 84.4 Å². The summed E-state index contributed by atoms with van der Waals surface area (Å²) in [6.45, 7) is 2.78. The lowest BCUT2D eigenvalue weighted by Gasteiger charge is -2.10. The van der Waals surface area contributed by atoms with E-state index in [-0.39, 0.29) is 5.91 Å². The molecule has 0 aromatic heterocycles. The minimum atomic E-state index is -0.153. The molecule has 0 radical (unpaired) electrons. The van der Waals surface area contributed by atoms with Crippen LogP contribution in [0.5, 0.6) is 5.75 Å². The maximum Gasteiger partial charge on any atom is 0.255 e. The highest BCUT2D eigenvalue weighted by Gasteiger charge is 2.07. The molecule has 0 unspecified atom stereocenters. The first-order valence-corrected chi connectivity index (χ1v) is 9.21. The first-order valence-electron chi connectivity index (χ1n) is 9.21. The van der Waals surface area contributed by atoms with Gasteiger partial charge in [-0.15, -0.1) is 0 Å². The van der Waals surface area contributed by atoms with Gasteiger partial charge in [-0.2, -0.15) is 0 Å². The fraction of sp³-hybridized carbons (Fsp3) is 0.174. The molecule has 3 aromatic carbocycles. The van der Waals surface area contributed by atoms with Gasteiger partial charge < -0.3 is 15.4 Å². The van der Waals surface area contributed by atoms with Crippen molar-refractivity contribution in [3.63, 3.8) is 0 Å². The first kappa shape index (κ1) is 18.5. The lowest BCUT2D eigenvalue weighted by Crippen LogP contribution is -2.12. The van der Waals surface area contributed by atoms with Gasteiger partial charge in [0, 0.05) is 22.6 Å². The van der Waals surface area contributed by atoms with Crippen molar-refractivity contribution in [2.24, 2.45) is 0 Å². The first-order chi connectivity index (χ1) is 13.2. The molecule has 0 atom stereocenters.